The summed E-state index contributed by atoms with van der Waals surface area (Å²) in [5, 5.41) is 20.7. The molecule has 188 valence electrons. The molecule has 2 N–H and O–H groups in total. The molecule has 10 nitrogen and oxygen atoms in total. The third-order valence-electron chi connectivity index (χ3n) is 6.31. The van der Waals surface area contributed by atoms with E-state index in [-0.39, 0.29) is 11.7 Å². The number of nitrogens with zero attached hydrogens (tertiary/aromatic N) is 2. The molecule has 1 fully saturated rings. The Kier molecular flexibility index (Phi) is 7.62. The van der Waals surface area contributed by atoms with Gasteiger partial charge in [0.2, 0.25) is 11.7 Å². The van der Waals surface area contributed by atoms with Crippen LogP contribution in [0.4, 0.5) is 16.2 Å². The van der Waals surface area contributed by atoms with Crippen molar-refractivity contribution in [1.82, 2.24) is 10.1 Å². The minimum absolute atomic E-state index is 0.235. The van der Waals surface area contributed by atoms with E-state index in [2.05, 4.69) is 20.8 Å². The normalized spacial score (nSPS) is 18.2. The Hall–Kier alpha value is -4.21. The van der Waals surface area contributed by atoms with E-state index >= 15 is 0 Å². The molecule has 2 heterocycles. The van der Waals surface area contributed by atoms with E-state index in [0.717, 1.165) is 18.4 Å². The van der Waals surface area contributed by atoms with Gasteiger partial charge < -0.3 is 24.5 Å². The number of pyridine rings is 1. The number of ether oxygens (including phenoxy) is 1. The number of aromatic nitrogens is 2. The monoisotopic (exact) mass is 491 g/mol. The zero-order chi connectivity index (χ0) is 25.7. The minimum Gasteiger partial charge on any atom is -0.550 e. The molecule has 0 saturated heterocycles. The third kappa shape index (κ3) is 5.70. The molecule has 4 rings (SSSR count). The Morgan fingerprint density at radius 2 is 1.78 bits per heavy atom. The van der Waals surface area contributed by atoms with Crippen molar-refractivity contribution in [3.05, 3.63) is 59.9 Å². The van der Waals surface area contributed by atoms with Gasteiger partial charge in [0.15, 0.2) is 0 Å². The third-order valence-corrected chi connectivity index (χ3v) is 6.31. The molecule has 36 heavy (non-hydrogen) atoms. The van der Waals surface area contributed by atoms with Crippen LogP contribution in [0.1, 0.15) is 50.0 Å². The summed E-state index contributed by atoms with van der Waals surface area (Å²) in [6.45, 7) is 3.45. The smallest absolute Gasteiger partial charge is 0.412 e. The number of hydrogen-bond donors (Lipinski definition) is 2. The van der Waals surface area contributed by atoms with Crippen LogP contribution in [0.3, 0.4) is 0 Å². The van der Waals surface area contributed by atoms with Crippen LogP contribution in [0.5, 0.6) is 0 Å². The van der Waals surface area contributed by atoms with Crippen molar-refractivity contribution in [2.45, 2.75) is 45.6 Å². The SMILES string of the molecule is Cc1noc(-c2ccc(NC(=O)[C@H]3CCCC[C@@H]3C(=O)[O-])cn2)c1NC(=O)O[C@H](C)c1ccccc1. The molecule has 1 aliphatic carbocycles. The second kappa shape index (κ2) is 11.0. The maximum absolute atomic E-state index is 12.7. The molecule has 1 saturated carbocycles. The molecule has 3 atom stereocenters. The number of carboxylic acids is 1. The van der Waals surface area contributed by atoms with Gasteiger partial charge in [0.25, 0.3) is 0 Å². The number of carbonyl (C=O) groups excluding carboxylic acids is 3. The van der Waals surface area contributed by atoms with Crippen LogP contribution >= 0.6 is 0 Å². The van der Waals surface area contributed by atoms with E-state index in [1.165, 1.54) is 6.20 Å². The van der Waals surface area contributed by atoms with Gasteiger partial charge in [-0.3, -0.25) is 15.1 Å². The van der Waals surface area contributed by atoms with Crippen LogP contribution in [-0.2, 0) is 14.3 Å². The van der Waals surface area contributed by atoms with Crippen molar-refractivity contribution in [3.8, 4) is 11.5 Å². The van der Waals surface area contributed by atoms with Crippen LogP contribution in [0.25, 0.3) is 11.5 Å². The van der Waals surface area contributed by atoms with Gasteiger partial charge >= 0.3 is 6.09 Å². The van der Waals surface area contributed by atoms with Gasteiger partial charge in [-0.15, -0.1) is 0 Å². The molecule has 0 aliphatic heterocycles. The van der Waals surface area contributed by atoms with Crippen molar-refractivity contribution in [2.75, 3.05) is 10.6 Å². The standard InChI is InChI=1S/C26H28N4O6/c1-15-22(29-26(34)35-16(2)17-8-4-3-5-9-17)23(36-30-15)21-13-12-18(14-27-21)28-24(31)19-10-6-7-11-20(19)25(32)33/h3-5,8-9,12-14,16,19-20H,6-7,10-11H2,1-2H3,(H,28,31)(H,29,34)(H,32,33)/p-1/t16-,19+,20+/m1/s1. The second-order valence-electron chi connectivity index (χ2n) is 8.79. The van der Waals surface area contributed by atoms with E-state index in [9.17, 15) is 19.5 Å². The summed E-state index contributed by atoms with van der Waals surface area (Å²) < 4.78 is 10.9. The first-order chi connectivity index (χ1) is 17.3. The van der Waals surface area contributed by atoms with Gasteiger partial charge in [0, 0.05) is 17.8 Å². The van der Waals surface area contributed by atoms with Gasteiger partial charge in [0.05, 0.1) is 11.9 Å². The van der Waals surface area contributed by atoms with Crippen molar-refractivity contribution in [3.63, 3.8) is 0 Å². The number of nitrogens with one attached hydrogen (secondary N) is 2. The highest BCUT2D eigenvalue weighted by Gasteiger charge is 2.32. The maximum Gasteiger partial charge on any atom is 0.412 e. The quantitative estimate of drug-likeness (QED) is 0.507. The molecule has 2 aromatic heterocycles. The summed E-state index contributed by atoms with van der Waals surface area (Å²) in [6.07, 6.45) is 2.80. The Bertz CT molecular complexity index is 1220. The number of amides is 2. The molecule has 3 aromatic rings. The van der Waals surface area contributed by atoms with E-state index in [4.69, 9.17) is 9.26 Å². The molecule has 0 bridgehead atoms. The minimum atomic E-state index is -1.19. The fourth-order valence-corrected chi connectivity index (χ4v) is 4.34. The molecule has 2 amide bonds. The predicted molar refractivity (Wildman–Crippen MR) is 129 cm³/mol. The average molecular weight is 492 g/mol. The van der Waals surface area contributed by atoms with Crippen molar-refractivity contribution in [1.29, 1.82) is 0 Å². The number of aliphatic carboxylic acids is 1. The maximum atomic E-state index is 12.7. The van der Waals surface area contributed by atoms with Crippen LogP contribution < -0.4 is 15.7 Å². The van der Waals surface area contributed by atoms with E-state index < -0.39 is 30.0 Å². The molecule has 0 spiro atoms. The lowest BCUT2D eigenvalue weighted by atomic mass is 9.78. The molecule has 0 unspecified atom stereocenters. The fraction of sp³-hybridized carbons (Fsp3) is 0.346. The summed E-state index contributed by atoms with van der Waals surface area (Å²) in [5.74, 6) is -2.76. The highest BCUT2D eigenvalue weighted by atomic mass is 16.6. The first-order valence-electron chi connectivity index (χ1n) is 11.8. The zero-order valence-electron chi connectivity index (χ0n) is 20.0. The van der Waals surface area contributed by atoms with Gasteiger partial charge in [-0.05, 0) is 44.4 Å². The second-order valence-corrected chi connectivity index (χ2v) is 8.79. The molecule has 1 aliphatic rings. The molecule has 10 heteroatoms. The van der Waals surface area contributed by atoms with Crippen molar-refractivity contribution in [2.24, 2.45) is 11.8 Å². The first-order valence-corrected chi connectivity index (χ1v) is 11.8. The number of benzene rings is 1. The molecular formula is C26H27N4O6-. The topological polar surface area (TPSA) is 146 Å². The predicted octanol–water partition coefficient (Wildman–Crippen LogP) is 3.85. The zero-order valence-corrected chi connectivity index (χ0v) is 20.0. The van der Waals surface area contributed by atoms with E-state index in [0.29, 0.717) is 35.6 Å². The van der Waals surface area contributed by atoms with Crippen molar-refractivity contribution < 1.29 is 28.8 Å². The van der Waals surface area contributed by atoms with Gasteiger partial charge in [-0.1, -0.05) is 48.3 Å². The van der Waals surface area contributed by atoms with Crippen LogP contribution in [0.15, 0.2) is 53.2 Å². The largest absolute Gasteiger partial charge is 0.550 e. The number of anilines is 2. The highest BCUT2D eigenvalue weighted by Crippen LogP contribution is 2.32. The summed E-state index contributed by atoms with van der Waals surface area (Å²) in [6, 6.07) is 12.6. The van der Waals surface area contributed by atoms with E-state index in [1.54, 1.807) is 26.0 Å². The Balaban J connectivity index is 1.42. The van der Waals surface area contributed by atoms with Crippen LogP contribution in [0, 0.1) is 18.8 Å². The lowest BCUT2D eigenvalue weighted by Gasteiger charge is -2.31. The van der Waals surface area contributed by atoms with Gasteiger partial charge in [0.1, 0.15) is 23.2 Å². The lowest BCUT2D eigenvalue weighted by molar-refractivity contribution is -0.313. The lowest BCUT2D eigenvalue weighted by Crippen LogP contribution is -2.42. The van der Waals surface area contributed by atoms with Crippen LogP contribution in [0.2, 0.25) is 0 Å². The number of rotatable bonds is 7. The first kappa shape index (κ1) is 24.9. The summed E-state index contributed by atoms with van der Waals surface area (Å²) >= 11 is 0. The average Bonchev–Trinajstić information content (AvgIpc) is 3.24. The molecular weight excluding hydrogens is 464 g/mol. The Morgan fingerprint density at radius 1 is 1.06 bits per heavy atom. The molecule has 0 radical (unpaired) electrons. The highest BCUT2D eigenvalue weighted by molar-refractivity contribution is 5.95. The number of aryl methyl sites for hydroxylation is 1. The van der Waals surface area contributed by atoms with Crippen molar-refractivity contribution >= 4 is 29.3 Å². The molecule has 1 aromatic carbocycles. The summed E-state index contributed by atoms with van der Waals surface area (Å²) in [4.78, 5) is 40.9. The van der Waals surface area contributed by atoms with Gasteiger partial charge in [-0.2, -0.15) is 0 Å². The number of carboxylic acid groups (broad SMARTS) is 1. The fourth-order valence-electron chi connectivity index (χ4n) is 4.34. The Morgan fingerprint density at radius 3 is 2.44 bits per heavy atom. The summed E-state index contributed by atoms with van der Waals surface area (Å²) in [7, 11) is 0. The van der Waals surface area contributed by atoms with Gasteiger partial charge in [-0.25, -0.2) is 4.79 Å². The van der Waals surface area contributed by atoms with Crippen LogP contribution in [-0.4, -0.2) is 28.1 Å². The number of carbonyl (C=O) groups is 3. The Labute approximate surface area is 208 Å². The summed E-state index contributed by atoms with van der Waals surface area (Å²) in [5.41, 5.74) is 2.41. The van der Waals surface area contributed by atoms with E-state index in [1.807, 2.05) is 30.3 Å². The number of hydrogen-bond acceptors (Lipinski definition) is 8.